The molecule has 1 aliphatic carbocycles. The standard InChI is InChI=1S/C13H17ClO4S2/c1-2-9-4-3-5-11(6-9)18-13(15)10-7-12(19-8-10)20(14,16)17/h7-9,11H,2-6H2,1H3. The summed E-state index contributed by atoms with van der Waals surface area (Å²) in [6, 6.07) is 1.27. The normalized spacial score (nSPS) is 23.5. The second-order valence-electron chi connectivity index (χ2n) is 5.06. The van der Waals surface area contributed by atoms with Crippen molar-refractivity contribution in [3.05, 3.63) is 17.0 Å². The van der Waals surface area contributed by atoms with Gasteiger partial charge in [-0.1, -0.05) is 19.8 Å². The summed E-state index contributed by atoms with van der Waals surface area (Å²) >= 11 is 0.931. The Morgan fingerprint density at radius 3 is 2.85 bits per heavy atom. The molecule has 0 aliphatic heterocycles. The lowest BCUT2D eigenvalue weighted by Gasteiger charge is -2.28. The van der Waals surface area contributed by atoms with Crippen molar-refractivity contribution in [3.63, 3.8) is 0 Å². The Morgan fingerprint density at radius 1 is 1.50 bits per heavy atom. The van der Waals surface area contributed by atoms with Gasteiger partial charge in [-0.3, -0.25) is 0 Å². The molecular weight excluding hydrogens is 320 g/mol. The number of hydrogen-bond acceptors (Lipinski definition) is 5. The zero-order chi connectivity index (χ0) is 14.8. The smallest absolute Gasteiger partial charge is 0.339 e. The summed E-state index contributed by atoms with van der Waals surface area (Å²) in [6.07, 6.45) is 5.08. The summed E-state index contributed by atoms with van der Waals surface area (Å²) in [6.45, 7) is 2.14. The quantitative estimate of drug-likeness (QED) is 0.619. The van der Waals surface area contributed by atoms with Crippen LogP contribution in [0.1, 0.15) is 49.4 Å². The number of thiophene rings is 1. The van der Waals surface area contributed by atoms with Gasteiger partial charge in [0, 0.05) is 16.1 Å². The predicted octanol–water partition coefficient (Wildman–Crippen LogP) is 3.80. The second kappa shape index (κ2) is 6.45. The third kappa shape index (κ3) is 3.96. The predicted molar refractivity (Wildman–Crippen MR) is 78.8 cm³/mol. The highest BCUT2D eigenvalue weighted by atomic mass is 35.7. The van der Waals surface area contributed by atoms with Crippen LogP contribution in [0.25, 0.3) is 0 Å². The Morgan fingerprint density at radius 2 is 2.25 bits per heavy atom. The molecule has 1 saturated carbocycles. The second-order valence-corrected chi connectivity index (χ2v) is 8.76. The molecule has 7 heteroatoms. The molecule has 0 radical (unpaired) electrons. The molecule has 1 aromatic rings. The molecule has 0 bridgehead atoms. The van der Waals surface area contributed by atoms with Gasteiger partial charge >= 0.3 is 5.97 Å². The first-order chi connectivity index (χ1) is 9.40. The van der Waals surface area contributed by atoms with Gasteiger partial charge in [-0.25, -0.2) is 13.2 Å². The van der Waals surface area contributed by atoms with E-state index in [-0.39, 0.29) is 15.9 Å². The third-order valence-corrected chi connectivity index (χ3v) is 6.68. The van der Waals surface area contributed by atoms with Crippen LogP contribution in [0.5, 0.6) is 0 Å². The molecule has 1 heterocycles. The fourth-order valence-electron chi connectivity index (χ4n) is 2.49. The molecule has 112 valence electrons. The zero-order valence-corrected chi connectivity index (χ0v) is 13.6. The molecular formula is C13H17ClO4S2. The first-order valence-corrected chi connectivity index (χ1v) is 9.83. The summed E-state index contributed by atoms with van der Waals surface area (Å²) in [4.78, 5) is 12.0. The van der Waals surface area contributed by atoms with Gasteiger partial charge in [0.1, 0.15) is 10.3 Å². The monoisotopic (exact) mass is 336 g/mol. The van der Waals surface area contributed by atoms with Crippen LogP contribution in [-0.2, 0) is 13.8 Å². The minimum absolute atomic E-state index is 0.0267. The van der Waals surface area contributed by atoms with Gasteiger partial charge in [-0.2, -0.15) is 0 Å². The molecule has 1 fully saturated rings. The van der Waals surface area contributed by atoms with Crippen LogP contribution in [0.3, 0.4) is 0 Å². The maximum atomic E-state index is 12.0. The lowest BCUT2D eigenvalue weighted by Crippen LogP contribution is -2.25. The SMILES string of the molecule is CCC1CCCC(OC(=O)c2csc(S(=O)(=O)Cl)c2)C1. The molecule has 0 N–H and O–H groups in total. The van der Waals surface area contributed by atoms with E-state index >= 15 is 0 Å². The van der Waals surface area contributed by atoms with E-state index in [0.29, 0.717) is 5.92 Å². The van der Waals surface area contributed by atoms with Crippen molar-refractivity contribution in [2.45, 2.75) is 49.3 Å². The van der Waals surface area contributed by atoms with E-state index < -0.39 is 15.0 Å². The van der Waals surface area contributed by atoms with Crippen molar-refractivity contribution >= 4 is 37.0 Å². The summed E-state index contributed by atoms with van der Waals surface area (Å²) in [7, 11) is 1.46. The van der Waals surface area contributed by atoms with Crippen molar-refractivity contribution in [1.82, 2.24) is 0 Å². The molecule has 4 nitrogen and oxygen atoms in total. The Hall–Kier alpha value is -0.590. The molecule has 1 aliphatic rings. The van der Waals surface area contributed by atoms with E-state index in [1.807, 2.05) is 0 Å². The number of hydrogen-bond donors (Lipinski definition) is 0. The molecule has 20 heavy (non-hydrogen) atoms. The Labute approximate surface area is 127 Å². The molecule has 0 spiro atoms. The van der Waals surface area contributed by atoms with Crippen molar-refractivity contribution in [2.75, 3.05) is 0 Å². The summed E-state index contributed by atoms with van der Waals surface area (Å²) in [5.41, 5.74) is 0.257. The van der Waals surface area contributed by atoms with Gasteiger partial charge in [-0.05, 0) is 31.2 Å². The minimum atomic E-state index is -3.78. The largest absolute Gasteiger partial charge is 0.459 e. The molecule has 0 saturated heterocycles. The van der Waals surface area contributed by atoms with Crippen molar-refractivity contribution < 1.29 is 17.9 Å². The van der Waals surface area contributed by atoms with E-state index in [1.165, 1.54) is 17.9 Å². The van der Waals surface area contributed by atoms with Crippen LogP contribution in [0.4, 0.5) is 0 Å². The van der Waals surface area contributed by atoms with Gasteiger partial charge in [-0.15, -0.1) is 11.3 Å². The first-order valence-electron chi connectivity index (χ1n) is 6.64. The first kappa shape index (κ1) is 15.8. The van der Waals surface area contributed by atoms with Crippen LogP contribution in [-0.4, -0.2) is 20.5 Å². The topological polar surface area (TPSA) is 60.4 Å². The highest BCUT2D eigenvalue weighted by molar-refractivity contribution is 8.15. The minimum Gasteiger partial charge on any atom is -0.459 e. The number of esters is 1. The van der Waals surface area contributed by atoms with Crippen LogP contribution >= 0.6 is 22.0 Å². The number of rotatable bonds is 4. The van der Waals surface area contributed by atoms with Gasteiger partial charge in [0.15, 0.2) is 0 Å². The van der Waals surface area contributed by atoms with Gasteiger partial charge in [0.2, 0.25) is 0 Å². The highest BCUT2D eigenvalue weighted by Crippen LogP contribution is 2.30. The van der Waals surface area contributed by atoms with E-state index in [1.54, 1.807) is 0 Å². The maximum absolute atomic E-state index is 12.0. The fraction of sp³-hybridized carbons (Fsp3) is 0.615. The average molecular weight is 337 g/mol. The summed E-state index contributed by atoms with van der Waals surface area (Å²) in [5.74, 6) is 0.150. The molecule has 1 aromatic heterocycles. The van der Waals surface area contributed by atoms with Crippen molar-refractivity contribution in [3.8, 4) is 0 Å². The van der Waals surface area contributed by atoms with Crippen molar-refractivity contribution in [2.24, 2.45) is 5.92 Å². The Balaban J connectivity index is 2.00. The van der Waals surface area contributed by atoms with E-state index in [0.717, 1.165) is 37.0 Å². The number of halogens is 1. The Bertz CT molecular complexity index is 579. The zero-order valence-electron chi connectivity index (χ0n) is 11.2. The fourth-order valence-corrected chi connectivity index (χ4v) is 4.43. The molecule has 0 aromatic carbocycles. The third-order valence-electron chi connectivity index (χ3n) is 3.64. The number of carbonyl (C=O) groups excluding carboxylic acids is 1. The van der Waals surface area contributed by atoms with E-state index in [2.05, 4.69) is 6.92 Å². The van der Waals surface area contributed by atoms with E-state index in [9.17, 15) is 13.2 Å². The van der Waals surface area contributed by atoms with Crippen LogP contribution in [0.2, 0.25) is 0 Å². The van der Waals surface area contributed by atoms with Crippen LogP contribution in [0, 0.1) is 5.92 Å². The average Bonchev–Trinajstić information content (AvgIpc) is 2.88. The van der Waals surface area contributed by atoms with E-state index in [4.69, 9.17) is 15.4 Å². The molecule has 2 rings (SSSR count). The molecule has 2 atom stereocenters. The van der Waals surface area contributed by atoms with Gasteiger partial charge < -0.3 is 4.74 Å². The molecule has 0 amide bonds. The number of ether oxygens (including phenoxy) is 1. The van der Waals surface area contributed by atoms with Gasteiger partial charge in [0.25, 0.3) is 9.05 Å². The van der Waals surface area contributed by atoms with Gasteiger partial charge in [0.05, 0.1) is 5.56 Å². The van der Waals surface area contributed by atoms with Crippen molar-refractivity contribution in [1.29, 1.82) is 0 Å². The highest BCUT2D eigenvalue weighted by Gasteiger charge is 2.25. The Kier molecular flexibility index (Phi) is 5.09. The lowest BCUT2D eigenvalue weighted by atomic mass is 9.85. The summed E-state index contributed by atoms with van der Waals surface area (Å²) < 4.78 is 27.8. The lowest BCUT2D eigenvalue weighted by molar-refractivity contribution is 0.0140. The number of carbonyl (C=O) groups is 1. The molecule has 2 unspecified atom stereocenters. The van der Waals surface area contributed by atoms with Crippen LogP contribution < -0.4 is 0 Å². The maximum Gasteiger partial charge on any atom is 0.339 e. The summed E-state index contributed by atoms with van der Waals surface area (Å²) in [5, 5.41) is 1.47. The van der Waals surface area contributed by atoms with Crippen LogP contribution in [0.15, 0.2) is 15.7 Å².